The number of hydrogen-bond donors (Lipinski definition) is 2. The van der Waals surface area contributed by atoms with E-state index < -0.39 is 0 Å². The van der Waals surface area contributed by atoms with E-state index in [-0.39, 0.29) is 0 Å². The first-order valence-electron chi connectivity index (χ1n) is 5.36. The van der Waals surface area contributed by atoms with Crippen molar-refractivity contribution in [3.8, 4) is 11.3 Å². The minimum absolute atomic E-state index is 0.649. The maximum absolute atomic E-state index is 4.10. The summed E-state index contributed by atoms with van der Waals surface area (Å²) in [6.45, 7) is 0.649. The SMILES string of the molecule is c1cncc(-c2[nH]ncc2CNc2nncs2)c1. The summed E-state index contributed by atoms with van der Waals surface area (Å²) in [7, 11) is 0. The van der Waals surface area contributed by atoms with Gasteiger partial charge in [-0.3, -0.25) is 10.1 Å². The Labute approximate surface area is 107 Å². The number of rotatable bonds is 4. The van der Waals surface area contributed by atoms with Gasteiger partial charge in [0.1, 0.15) is 5.51 Å². The van der Waals surface area contributed by atoms with E-state index in [0.717, 1.165) is 22.0 Å². The topological polar surface area (TPSA) is 79.4 Å². The van der Waals surface area contributed by atoms with Gasteiger partial charge >= 0.3 is 0 Å². The van der Waals surface area contributed by atoms with Crippen LogP contribution in [-0.4, -0.2) is 25.4 Å². The van der Waals surface area contributed by atoms with Crippen LogP contribution in [0.25, 0.3) is 11.3 Å². The molecule has 3 aromatic heterocycles. The lowest BCUT2D eigenvalue weighted by atomic mass is 10.1. The van der Waals surface area contributed by atoms with Crippen LogP contribution in [0.5, 0.6) is 0 Å². The molecule has 3 rings (SSSR count). The van der Waals surface area contributed by atoms with Gasteiger partial charge in [0.15, 0.2) is 0 Å². The van der Waals surface area contributed by atoms with Gasteiger partial charge in [0.25, 0.3) is 0 Å². The van der Waals surface area contributed by atoms with Crippen LogP contribution in [0.2, 0.25) is 0 Å². The van der Waals surface area contributed by atoms with E-state index in [0.29, 0.717) is 6.54 Å². The highest BCUT2D eigenvalue weighted by Gasteiger charge is 2.07. The van der Waals surface area contributed by atoms with E-state index in [1.54, 1.807) is 17.9 Å². The van der Waals surface area contributed by atoms with Crippen LogP contribution in [0.1, 0.15) is 5.56 Å². The Kier molecular flexibility index (Phi) is 2.97. The second kappa shape index (κ2) is 4.92. The molecule has 0 saturated carbocycles. The van der Waals surface area contributed by atoms with Crippen molar-refractivity contribution in [1.82, 2.24) is 25.4 Å². The van der Waals surface area contributed by atoms with Crippen LogP contribution >= 0.6 is 11.3 Å². The number of anilines is 1. The molecule has 7 heteroatoms. The minimum atomic E-state index is 0.649. The number of pyridine rings is 1. The molecule has 0 aliphatic carbocycles. The molecule has 3 heterocycles. The van der Waals surface area contributed by atoms with E-state index in [1.807, 2.05) is 18.3 Å². The Morgan fingerprint density at radius 1 is 1.33 bits per heavy atom. The molecular formula is C11H10N6S. The first-order valence-corrected chi connectivity index (χ1v) is 6.24. The smallest absolute Gasteiger partial charge is 0.205 e. The molecule has 0 radical (unpaired) electrons. The average Bonchev–Trinajstić information content (AvgIpc) is 3.09. The Hall–Kier alpha value is -2.28. The van der Waals surface area contributed by atoms with E-state index in [9.17, 15) is 0 Å². The second-order valence-corrected chi connectivity index (χ2v) is 4.44. The van der Waals surface area contributed by atoms with Crippen molar-refractivity contribution in [3.63, 3.8) is 0 Å². The molecule has 0 aromatic carbocycles. The van der Waals surface area contributed by atoms with Crippen LogP contribution < -0.4 is 5.32 Å². The number of hydrogen-bond acceptors (Lipinski definition) is 6. The van der Waals surface area contributed by atoms with Crippen LogP contribution in [0.15, 0.2) is 36.2 Å². The quantitative estimate of drug-likeness (QED) is 0.747. The molecule has 3 aromatic rings. The summed E-state index contributed by atoms with van der Waals surface area (Å²) in [6, 6.07) is 3.90. The zero-order valence-corrected chi connectivity index (χ0v) is 10.2. The van der Waals surface area contributed by atoms with E-state index in [1.165, 1.54) is 11.3 Å². The summed E-state index contributed by atoms with van der Waals surface area (Å²) < 4.78 is 0. The van der Waals surface area contributed by atoms with Gasteiger partial charge in [0, 0.05) is 30.1 Å². The molecule has 0 aliphatic rings. The van der Waals surface area contributed by atoms with Crippen molar-refractivity contribution in [2.24, 2.45) is 0 Å². The zero-order valence-electron chi connectivity index (χ0n) is 9.37. The third-order valence-corrected chi connectivity index (χ3v) is 3.11. The van der Waals surface area contributed by atoms with Gasteiger partial charge in [-0.1, -0.05) is 11.3 Å². The largest absolute Gasteiger partial charge is 0.356 e. The number of nitrogens with one attached hydrogen (secondary N) is 2. The van der Waals surface area contributed by atoms with Crippen molar-refractivity contribution >= 4 is 16.5 Å². The fourth-order valence-corrected chi connectivity index (χ4v) is 2.07. The molecule has 0 amide bonds. The van der Waals surface area contributed by atoms with Crippen molar-refractivity contribution < 1.29 is 0 Å². The second-order valence-electron chi connectivity index (χ2n) is 3.61. The zero-order chi connectivity index (χ0) is 12.2. The first kappa shape index (κ1) is 10.8. The minimum Gasteiger partial charge on any atom is -0.356 e. The number of H-pyrrole nitrogens is 1. The number of nitrogens with zero attached hydrogens (tertiary/aromatic N) is 4. The lowest BCUT2D eigenvalue weighted by Gasteiger charge is -2.03. The summed E-state index contributed by atoms with van der Waals surface area (Å²) in [4.78, 5) is 4.10. The van der Waals surface area contributed by atoms with Crippen molar-refractivity contribution in [1.29, 1.82) is 0 Å². The molecule has 0 unspecified atom stereocenters. The summed E-state index contributed by atoms with van der Waals surface area (Å²) in [5, 5.41) is 18.8. The molecule has 90 valence electrons. The molecule has 18 heavy (non-hydrogen) atoms. The van der Waals surface area contributed by atoms with Crippen molar-refractivity contribution in [3.05, 3.63) is 41.8 Å². The highest BCUT2D eigenvalue weighted by atomic mass is 32.1. The van der Waals surface area contributed by atoms with Gasteiger partial charge in [0.2, 0.25) is 5.13 Å². The van der Waals surface area contributed by atoms with E-state index in [4.69, 9.17) is 0 Å². The van der Waals surface area contributed by atoms with Crippen LogP contribution in [0.3, 0.4) is 0 Å². The average molecular weight is 258 g/mol. The van der Waals surface area contributed by atoms with Crippen LogP contribution in [-0.2, 0) is 6.54 Å². The highest BCUT2D eigenvalue weighted by Crippen LogP contribution is 2.21. The molecule has 0 atom stereocenters. The van der Waals surface area contributed by atoms with Gasteiger partial charge in [-0.25, -0.2) is 0 Å². The van der Waals surface area contributed by atoms with Gasteiger partial charge in [-0.05, 0) is 12.1 Å². The molecule has 0 fully saturated rings. The third-order valence-electron chi connectivity index (χ3n) is 2.46. The van der Waals surface area contributed by atoms with Gasteiger partial charge in [-0.15, -0.1) is 10.2 Å². The molecule has 0 aliphatic heterocycles. The molecule has 0 spiro atoms. The molecular weight excluding hydrogens is 248 g/mol. The Morgan fingerprint density at radius 2 is 2.33 bits per heavy atom. The highest BCUT2D eigenvalue weighted by molar-refractivity contribution is 7.13. The Bertz CT molecular complexity index is 604. The third kappa shape index (κ3) is 2.21. The van der Waals surface area contributed by atoms with Gasteiger partial charge in [0.05, 0.1) is 11.9 Å². The summed E-state index contributed by atoms with van der Waals surface area (Å²) >= 11 is 1.47. The van der Waals surface area contributed by atoms with Crippen molar-refractivity contribution in [2.45, 2.75) is 6.54 Å². The maximum Gasteiger partial charge on any atom is 0.205 e. The van der Waals surface area contributed by atoms with E-state index >= 15 is 0 Å². The van der Waals surface area contributed by atoms with Crippen LogP contribution in [0.4, 0.5) is 5.13 Å². The van der Waals surface area contributed by atoms with Crippen molar-refractivity contribution in [2.75, 3.05) is 5.32 Å². The predicted molar refractivity (Wildman–Crippen MR) is 69.1 cm³/mol. The maximum atomic E-state index is 4.10. The van der Waals surface area contributed by atoms with Crippen LogP contribution in [0, 0.1) is 0 Å². The fraction of sp³-hybridized carbons (Fsp3) is 0.0909. The van der Waals surface area contributed by atoms with Gasteiger partial charge < -0.3 is 5.32 Å². The number of aromatic nitrogens is 5. The molecule has 2 N–H and O–H groups in total. The summed E-state index contributed by atoms with van der Waals surface area (Å²) in [6.07, 6.45) is 5.36. The van der Waals surface area contributed by atoms with E-state index in [2.05, 4.69) is 30.7 Å². The summed E-state index contributed by atoms with van der Waals surface area (Å²) in [5.41, 5.74) is 4.75. The first-order chi connectivity index (χ1) is 8.93. The number of aromatic amines is 1. The molecule has 0 saturated heterocycles. The molecule has 0 bridgehead atoms. The summed E-state index contributed by atoms with van der Waals surface area (Å²) in [5.74, 6) is 0. The predicted octanol–water partition coefficient (Wildman–Crippen LogP) is 1.94. The lowest BCUT2D eigenvalue weighted by molar-refractivity contribution is 1.05. The standard InChI is InChI=1S/C11H10N6S/c1-2-8(4-12-3-1)10-9(6-14-16-10)5-13-11-17-15-7-18-11/h1-4,6-7H,5H2,(H,13,17)(H,14,16). The Balaban J connectivity index is 1.80. The Morgan fingerprint density at radius 3 is 3.11 bits per heavy atom. The normalized spacial score (nSPS) is 10.4. The fourth-order valence-electron chi connectivity index (χ4n) is 1.63. The monoisotopic (exact) mass is 258 g/mol. The molecule has 6 nitrogen and oxygen atoms in total. The van der Waals surface area contributed by atoms with Gasteiger partial charge in [-0.2, -0.15) is 5.10 Å². The lowest BCUT2D eigenvalue weighted by Crippen LogP contribution is -1.99.